The lowest BCUT2D eigenvalue weighted by Crippen LogP contribution is -1.86. The highest BCUT2D eigenvalue weighted by molar-refractivity contribution is 9.08. The standard InChI is InChI=1S/C11H15Br/c1-2-3-5-10-6-4-7-11(8-10)9-12/h4,6-8H,2-3,5,9H2,1H3. The Morgan fingerprint density at radius 3 is 2.67 bits per heavy atom. The van der Waals surface area contributed by atoms with Gasteiger partial charge in [-0.25, -0.2) is 0 Å². The summed E-state index contributed by atoms with van der Waals surface area (Å²) in [6.07, 6.45) is 3.79. The quantitative estimate of drug-likeness (QED) is 0.684. The van der Waals surface area contributed by atoms with Crippen LogP contribution in [0.15, 0.2) is 24.3 Å². The fourth-order valence-corrected chi connectivity index (χ4v) is 1.60. The zero-order valence-electron chi connectivity index (χ0n) is 7.52. The van der Waals surface area contributed by atoms with Crippen LogP contribution in [0.3, 0.4) is 0 Å². The molecule has 0 saturated carbocycles. The Bertz CT molecular complexity index is 230. The normalized spacial score (nSPS) is 10.2. The number of hydrogen-bond donors (Lipinski definition) is 0. The molecule has 0 amide bonds. The summed E-state index contributed by atoms with van der Waals surface area (Å²) < 4.78 is 0. The van der Waals surface area contributed by atoms with E-state index in [9.17, 15) is 0 Å². The van der Waals surface area contributed by atoms with Crippen molar-refractivity contribution in [3.8, 4) is 0 Å². The predicted octanol–water partition coefficient (Wildman–Crippen LogP) is 3.92. The van der Waals surface area contributed by atoms with E-state index >= 15 is 0 Å². The van der Waals surface area contributed by atoms with Gasteiger partial charge in [0, 0.05) is 5.33 Å². The molecule has 1 aromatic carbocycles. The topological polar surface area (TPSA) is 0 Å². The molecule has 0 spiro atoms. The Kier molecular flexibility index (Phi) is 4.37. The molecule has 0 saturated heterocycles. The van der Waals surface area contributed by atoms with E-state index < -0.39 is 0 Å². The Labute approximate surface area is 83.1 Å². The van der Waals surface area contributed by atoms with Gasteiger partial charge in [0.1, 0.15) is 0 Å². The van der Waals surface area contributed by atoms with Gasteiger partial charge in [-0.1, -0.05) is 53.5 Å². The number of hydrogen-bond acceptors (Lipinski definition) is 0. The van der Waals surface area contributed by atoms with Gasteiger partial charge < -0.3 is 0 Å². The van der Waals surface area contributed by atoms with Crippen molar-refractivity contribution < 1.29 is 0 Å². The molecule has 0 aliphatic heterocycles. The maximum Gasteiger partial charge on any atom is 0.0283 e. The first-order valence-electron chi connectivity index (χ1n) is 4.50. The van der Waals surface area contributed by atoms with Gasteiger partial charge in [0.05, 0.1) is 0 Å². The first-order chi connectivity index (χ1) is 5.86. The lowest BCUT2D eigenvalue weighted by atomic mass is 10.1. The van der Waals surface area contributed by atoms with Crippen LogP contribution in [0, 0.1) is 0 Å². The van der Waals surface area contributed by atoms with E-state index in [0.717, 1.165) is 5.33 Å². The average Bonchev–Trinajstić information content (AvgIpc) is 2.15. The van der Waals surface area contributed by atoms with E-state index in [1.165, 1.54) is 30.4 Å². The molecule has 12 heavy (non-hydrogen) atoms. The number of halogens is 1. The van der Waals surface area contributed by atoms with Crippen molar-refractivity contribution in [3.63, 3.8) is 0 Å². The SMILES string of the molecule is CCCCc1cccc(CBr)c1. The molecule has 0 bridgehead atoms. The Balaban J connectivity index is 2.60. The van der Waals surface area contributed by atoms with Gasteiger partial charge in [-0.3, -0.25) is 0 Å². The van der Waals surface area contributed by atoms with Crippen LogP contribution in [0.2, 0.25) is 0 Å². The molecule has 0 aliphatic rings. The molecular formula is C11H15Br. The van der Waals surface area contributed by atoms with Crippen molar-refractivity contribution >= 4 is 15.9 Å². The third kappa shape index (κ3) is 2.98. The number of benzene rings is 1. The van der Waals surface area contributed by atoms with Gasteiger partial charge in [0.2, 0.25) is 0 Å². The van der Waals surface area contributed by atoms with Crippen LogP contribution < -0.4 is 0 Å². The molecule has 0 unspecified atom stereocenters. The van der Waals surface area contributed by atoms with Crippen LogP contribution in [0.4, 0.5) is 0 Å². The third-order valence-electron chi connectivity index (χ3n) is 1.96. The molecule has 0 nitrogen and oxygen atoms in total. The van der Waals surface area contributed by atoms with E-state index in [1.807, 2.05) is 0 Å². The summed E-state index contributed by atoms with van der Waals surface area (Å²) in [5.74, 6) is 0. The van der Waals surface area contributed by atoms with E-state index in [4.69, 9.17) is 0 Å². The summed E-state index contributed by atoms with van der Waals surface area (Å²) in [6, 6.07) is 8.79. The molecule has 66 valence electrons. The summed E-state index contributed by atoms with van der Waals surface area (Å²) >= 11 is 3.46. The average molecular weight is 227 g/mol. The fourth-order valence-electron chi connectivity index (χ4n) is 1.25. The van der Waals surface area contributed by atoms with Crippen LogP contribution in [0.25, 0.3) is 0 Å². The lowest BCUT2D eigenvalue weighted by molar-refractivity contribution is 0.794. The van der Waals surface area contributed by atoms with Crippen LogP contribution in [-0.2, 0) is 11.8 Å². The summed E-state index contributed by atoms with van der Waals surface area (Å²) in [6.45, 7) is 2.23. The van der Waals surface area contributed by atoms with Gasteiger partial charge in [0.25, 0.3) is 0 Å². The van der Waals surface area contributed by atoms with Crippen molar-refractivity contribution in [2.45, 2.75) is 31.5 Å². The molecule has 1 aromatic rings. The molecule has 0 atom stereocenters. The van der Waals surface area contributed by atoms with Gasteiger partial charge in [-0.05, 0) is 24.0 Å². The van der Waals surface area contributed by atoms with Gasteiger partial charge in [0.15, 0.2) is 0 Å². The van der Waals surface area contributed by atoms with Crippen LogP contribution in [-0.4, -0.2) is 0 Å². The second-order valence-electron chi connectivity index (χ2n) is 3.06. The summed E-state index contributed by atoms with van der Waals surface area (Å²) in [5.41, 5.74) is 2.84. The molecule has 0 radical (unpaired) electrons. The molecule has 0 aliphatic carbocycles. The van der Waals surface area contributed by atoms with Crippen molar-refractivity contribution in [3.05, 3.63) is 35.4 Å². The largest absolute Gasteiger partial charge is 0.0876 e. The first kappa shape index (κ1) is 9.79. The molecule has 0 heterocycles. The Morgan fingerprint density at radius 1 is 1.25 bits per heavy atom. The highest BCUT2D eigenvalue weighted by Gasteiger charge is 1.93. The summed E-state index contributed by atoms with van der Waals surface area (Å²) in [5, 5.41) is 0.965. The highest BCUT2D eigenvalue weighted by atomic mass is 79.9. The number of alkyl halides is 1. The number of rotatable bonds is 4. The number of aryl methyl sites for hydroxylation is 1. The number of unbranched alkanes of at least 4 members (excludes halogenated alkanes) is 1. The molecule has 0 N–H and O–H groups in total. The molecular weight excluding hydrogens is 212 g/mol. The van der Waals surface area contributed by atoms with E-state index in [2.05, 4.69) is 47.1 Å². The maximum absolute atomic E-state index is 3.46. The monoisotopic (exact) mass is 226 g/mol. The zero-order valence-corrected chi connectivity index (χ0v) is 9.10. The third-order valence-corrected chi connectivity index (χ3v) is 2.61. The van der Waals surface area contributed by atoms with Gasteiger partial charge in [-0.2, -0.15) is 0 Å². The van der Waals surface area contributed by atoms with Crippen LogP contribution in [0.1, 0.15) is 30.9 Å². The van der Waals surface area contributed by atoms with Crippen molar-refractivity contribution in [1.82, 2.24) is 0 Å². The Hall–Kier alpha value is -0.300. The minimum absolute atomic E-state index is 0.965. The zero-order chi connectivity index (χ0) is 8.81. The van der Waals surface area contributed by atoms with E-state index in [0.29, 0.717) is 0 Å². The lowest BCUT2D eigenvalue weighted by Gasteiger charge is -2.01. The fraction of sp³-hybridized carbons (Fsp3) is 0.455. The minimum atomic E-state index is 0.965. The van der Waals surface area contributed by atoms with Gasteiger partial charge >= 0.3 is 0 Å². The summed E-state index contributed by atoms with van der Waals surface area (Å²) in [4.78, 5) is 0. The Morgan fingerprint density at radius 2 is 2.00 bits per heavy atom. The minimum Gasteiger partial charge on any atom is -0.0876 e. The molecule has 1 heteroatoms. The van der Waals surface area contributed by atoms with Crippen molar-refractivity contribution in [2.75, 3.05) is 0 Å². The summed E-state index contributed by atoms with van der Waals surface area (Å²) in [7, 11) is 0. The van der Waals surface area contributed by atoms with E-state index in [-0.39, 0.29) is 0 Å². The van der Waals surface area contributed by atoms with Crippen molar-refractivity contribution in [1.29, 1.82) is 0 Å². The van der Waals surface area contributed by atoms with Crippen molar-refractivity contribution in [2.24, 2.45) is 0 Å². The highest BCUT2D eigenvalue weighted by Crippen LogP contribution is 2.10. The second-order valence-corrected chi connectivity index (χ2v) is 3.62. The molecule has 0 fully saturated rings. The van der Waals surface area contributed by atoms with Crippen LogP contribution >= 0.6 is 15.9 Å². The predicted molar refractivity (Wildman–Crippen MR) is 57.7 cm³/mol. The van der Waals surface area contributed by atoms with Crippen LogP contribution in [0.5, 0.6) is 0 Å². The smallest absolute Gasteiger partial charge is 0.0283 e. The molecule has 1 rings (SSSR count). The maximum atomic E-state index is 3.46. The second kappa shape index (κ2) is 5.36. The molecule has 0 aromatic heterocycles. The first-order valence-corrected chi connectivity index (χ1v) is 5.62. The van der Waals surface area contributed by atoms with Gasteiger partial charge in [-0.15, -0.1) is 0 Å². The van der Waals surface area contributed by atoms with E-state index in [1.54, 1.807) is 0 Å².